The van der Waals surface area contributed by atoms with E-state index in [0.29, 0.717) is 19.7 Å². The molecule has 4 nitrogen and oxygen atoms in total. The van der Waals surface area contributed by atoms with Crippen molar-refractivity contribution >= 4 is 11.6 Å². The van der Waals surface area contributed by atoms with Crippen molar-refractivity contribution in [3.8, 4) is 0 Å². The minimum absolute atomic E-state index is 0.0367. The van der Waals surface area contributed by atoms with Crippen LogP contribution < -0.4 is 10.6 Å². The summed E-state index contributed by atoms with van der Waals surface area (Å²) in [5.74, 6) is -0.0367. The number of methoxy groups -OCH3 is 1. The normalized spacial score (nSPS) is 10.1. The number of nitrogens with one attached hydrogen (secondary N) is 2. The van der Waals surface area contributed by atoms with Crippen LogP contribution in [0.4, 0.5) is 5.69 Å². The van der Waals surface area contributed by atoms with Crippen LogP contribution in [0.15, 0.2) is 24.3 Å². The van der Waals surface area contributed by atoms with E-state index in [9.17, 15) is 4.79 Å². The minimum atomic E-state index is -0.0367. The number of benzene rings is 1. The Labute approximate surface area is 96.0 Å². The molecule has 4 heteroatoms. The van der Waals surface area contributed by atoms with Gasteiger partial charge in [-0.3, -0.25) is 4.79 Å². The number of anilines is 1. The second-order valence-electron chi connectivity index (χ2n) is 3.53. The standard InChI is InChI=1S/C12H18N2O2/c1-10-5-3-4-6-11(10)14-12(15)9-13-7-8-16-2/h3-6,13H,7-9H2,1-2H3,(H,14,15). The van der Waals surface area contributed by atoms with Crippen LogP contribution in [0, 0.1) is 6.92 Å². The van der Waals surface area contributed by atoms with Crippen LogP contribution >= 0.6 is 0 Å². The zero-order chi connectivity index (χ0) is 11.8. The van der Waals surface area contributed by atoms with Gasteiger partial charge < -0.3 is 15.4 Å². The molecular weight excluding hydrogens is 204 g/mol. The Hall–Kier alpha value is -1.39. The zero-order valence-electron chi connectivity index (χ0n) is 9.75. The van der Waals surface area contributed by atoms with Crippen LogP contribution in [-0.2, 0) is 9.53 Å². The zero-order valence-corrected chi connectivity index (χ0v) is 9.75. The third kappa shape index (κ3) is 4.42. The van der Waals surface area contributed by atoms with Crippen molar-refractivity contribution in [2.24, 2.45) is 0 Å². The smallest absolute Gasteiger partial charge is 0.238 e. The molecule has 0 fully saturated rings. The molecular formula is C12H18N2O2. The van der Waals surface area contributed by atoms with Gasteiger partial charge in [-0.2, -0.15) is 0 Å². The highest BCUT2D eigenvalue weighted by atomic mass is 16.5. The first-order chi connectivity index (χ1) is 7.74. The van der Waals surface area contributed by atoms with Crippen molar-refractivity contribution < 1.29 is 9.53 Å². The number of aryl methyl sites for hydroxylation is 1. The third-order valence-electron chi connectivity index (χ3n) is 2.19. The van der Waals surface area contributed by atoms with Crippen LogP contribution in [0.2, 0.25) is 0 Å². The lowest BCUT2D eigenvalue weighted by atomic mass is 10.2. The predicted octanol–water partition coefficient (Wildman–Crippen LogP) is 1.17. The molecule has 1 amide bonds. The second kappa shape index (κ2) is 6.98. The molecule has 0 bridgehead atoms. The summed E-state index contributed by atoms with van der Waals surface area (Å²) in [6, 6.07) is 7.71. The molecule has 0 saturated heterocycles. The number of para-hydroxylation sites is 1. The number of carbonyl (C=O) groups is 1. The first kappa shape index (κ1) is 12.7. The van der Waals surface area contributed by atoms with E-state index in [2.05, 4.69) is 10.6 Å². The molecule has 0 aliphatic heterocycles. The molecule has 0 aliphatic rings. The summed E-state index contributed by atoms with van der Waals surface area (Å²) in [5.41, 5.74) is 1.92. The summed E-state index contributed by atoms with van der Waals surface area (Å²) >= 11 is 0. The Morgan fingerprint density at radius 2 is 2.12 bits per heavy atom. The summed E-state index contributed by atoms with van der Waals surface area (Å²) in [7, 11) is 1.63. The van der Waals surface area contributed by atoms with Crippen molar-refractivity contribution in [3.05, 3.63) is 29.8 Å². The van der Waals surface area contributed by atoms with E-state index < -0.39 is 0 Å². The quantitative estimate of drug-likeness (QED) is 0.710. The Bertz CT molecular complexity index is 340. The lowest BCUT2D eigenvalue weighted by molar-refractivity contribution is -0.115. The summed E-state index contributed by atoms with van der Waals surface area (Å²) in [5, 5.41) is 5.83. The highest BCUT2D eigenvalue weighted by molar-refractivity contribution is 5.92. The van der Waals surface area contributed by atoms with Crippen molar-refractivity contribution in [2.45, 2.75) is 6.92 Å². The number of rotatable bonds is 6. The fourth-order valence-electron chi connectivity index (χ4n) is 1.28. The van der Waals surface area contributed by atoms with Gasteiger partial charge in [-0.15, -0.1) is 0 Å². The monoisotopic (exact) mass is 222 g/mol. The highest BCUT2D eigenvalue weighted by Gasteiger charge is 2.02. The summed E-state index contributed by atoms with van der Waals surface area (Å²) < 4.78 is 4.87. The molecule has 0 saturated carbocycles. The van der Waals surface area contributed by atoms with Gasteiger partial charge in [-0.25, -0.2) is 0 Å². The van der Waals surface area contributed by atoms with E-state index in [1.807, 2.05) is 31.2 Å². The third-order valence-corrected chi connectivity index (χ3v) is 2.19. The molecule has 0 radical (unpaired) electrons. The van der Waals surface area contributed by atoms with Gasteiger partial charge in [0.1, 0.15) is 0 Å². The van der Waals surface area contributed by atoms with E-state index in [1.165, 1.54) is 0 Å². The van der Waals surface area contributed by atoms with Crippen LogP contribution in [0.25, 0.3) is 0 Å². The Balaban J connectivity index is 2.32. The van der Waals surface area contributed by atoms with E-state index in [1.54, 1.807) is 7.11 Å². The molecule has 1 aromatic rings. The molecule has 2 N–H and O–H groups in total. The molecule has 88 valence electrons. The highest BCUT2D eigenvalue weighted by Crippen LogP contribution is 2.12. The fraction of sp³-hybridized carbons (Fsp3) is 0.417. The predicted molar refractivity (Wildman–Crippen MR) is 64.6 cm³/mol. The number of hydrogen-bond donors (Lipinski definition) is 2. The average Bonchev–Trinajstić information content (AvgIpc) is 2.28. The van der Waals surface area contributed by atoms with E-state index >= 15 is 0 Å². The molecule has 0 atom stereocenters. The Morgan fingerprint density at radius 3 is 2.81 bits per heavy atom. The average molecular weight is 222 g/mol. The summed E-state index contributed by atoms with van der Waals surface area (Å²) in [6.07, 6.45) is 0. The molecule has 0 unspecified atom stereocenters. The van der Waals surface area contributed by atoms with E-state index in [0.717, 1.165) is 11.3 Å². The van der Waals surface area contributed by atoms with Gasteiger partial charge >= 0.3 is 0 Å². The van der Waals surface area contributed by atoms with Crippen molar-refractivity contribution in [1.82, 2.24) is 5.32 Å². The first-order valence-electron chi connectivity index (χ1n) is 5.29. The lowest BCUT2D eigenvalue weighted by Gasteiger charge is -2.08. The van der Waals surface area contributed by atoms with Crippen molar-refractivity contribution in [3.63, 3.8) is 0 Å². The SMILES string of the molecule is COCCNCC(=O)Nc1ccccc1C. The molecule has 0 spiro atoms. The number of carbonyl (C=O) groups excluding carboxylic acids is 1. The van der Waals surface area contributed by atoms with Crippen molar-refractivity contribution in [1.29, 1.82) is 0 Å². The Kier molecular flexibility index (Phi) is 5.53. The number of hydrogen-bond acceptors (Lipinski definition) is 3. The Morgan fingerprint density at radius 1 is 1.38 bits per heavy atom. The van der Waals surface area contributed by atoms with E-state index in [-0.39, 0.29) is 5.91 Å². The van der Waals surface area contributed by atoms with Gasteiger partial charge in [-0.05, 0) is 18.6 Å². The maximum Gasteiger partial charge on any atom is 0.238 e. The largest absolute Gasteiger partial charge is 0.383 e. The van der Waals surface area contributed by atoms with E-state index in [4.69, 9.17) is 4.74 Å². The van der Waals surface area contributed by atoms with Crippen LogP contribution in [0.5, 0.6) is 0 Å². The number of ether oxygens (including phenoxy) is 1. The molecule has 0 heterocycles. The lowest BCUT2D eigenvalue weighted by Crippen LogP contribution is -2.30. The minimum Gasteiger partial charge on any atom is -0.383 e. The molecule has 1 rings (SSSR count). The first-order valence-corrected chi connectivity index (χ1v) is 5.29. The molecule has 1 aromatic carbocycles. The van der Waals surface area contributed by atoms with Gasteiger partial charge in [0.2, 0.25) is 5.91 Å². The van der Waals surface area contributed by atoms with Crippen LogP contribution in [-0.4, -0.2) is 32.7 Å². The molecule has 0 aromatic heterocycles. The maximum atomic E-state index is 11.5. The summed E-state index contributed by atoms with van der Waals surface area (Å²) in [4.78, 5) is 11.5. The molecule has 0 aliphatic carbocycles. The van der Waals surface area contributed by atoms with Gasteiger partial charge in [0.15, 0.2) is 0 Å². The van der Waals surface area contributed by atoms with Gasteiger partial charge in [-0.1, -0.05) is 18.2 Å². The van der Waals surface area contributed by atoms with Gasteiger partial charge in [0, 0.05) is 19.3 Å². The topological polar surface area (TPSA) is 50.4 Å². The summed E-state index contributed by atoms with van der Waals surface area (Å²) in [6.45, 7) is 3.56. The second-order valence-corrected chi connectivity index (χ2v) is 3.53. The van der Waals surface area contributed by atoms with Gasteiger partial charge in [0.05, 0.1) is 13.2 Å². The van der Waals surface area contributed by atoms with Gasteiger partial charge in [0.25, 0.3) is 0 Å². The fourth-order valence-corrected chi connectivity index (χ4v) is 1.28. The van der Waals surface area contributed by atoms with Crippen molar-refractivity contribution in [2.75, 3.05) is 32.1 Å². The number of amides is 1. The van der Waals surface area contributed by atoms with Crippen LogP contribution in [0.3, 0.4) is 0 Å². The van der Waals surface area contributed by atoms with Crippen LogP contribution in [0.1, 0.15) is 5.56 Å². The molecule has 16 heavy (non-hydrogen) atoms. The maximum absolute atomic E-state index is 11.5.